The number of hydrogen-bond acceptors (Lipinski definition) is 3. The van der Waals surface area contributed by atoms with Crippen LogP contribution in [-0.4, -0.2) is 11.9 Å². The summed E-state index contributed by atoms with van der Waals surface area (Å²) in [6.07, 6.45) is 1.51. The minimum atomic E-state index is -0.833. The number of halogens is 2. The molecule has 1 aromatic heterocycles. The number of amides is 3. The lowest BCUT2D eigenvalue weighted by atomic mass is 10.2. The zero-order chi connectivity index (χ0) is 19.2. The summed E-state index contributed by atoms with van der Waals surface area (Å²) in [6.45, 7) is 0.247. The second kappa shape index (κ2) is 8.13. The van der Waals surface area contributed by atoms with E-state index in [9.17, 15) is 18.4 Å². The highest BCUT2D eigenvalue weighted by atomic mass is 19.1. The lowest BCUT2D eigenvalue weighted by molar-refractivity contribution is 0.102. The number of carbonyl (C=O) groups is 2. The van der Waals surface area contributed by atoms with Crippen LogP contribution in [0.2, 0.25) is 0 Å². The molecule has 8 heteroatoms. The maximum atomic E-state index is 13.2. The first-order chi connectivity index (χ1) is 13.0. The van der Waals surface area contributed by atoms with Gasteiger partial charge in [0.1, 0.15) is 17.4 Å². The summed E-state index contributed by atoms with van der Waals surface area (Å²) in [5, 5.41) is 7.78. The van der Waals surface area contributed by atoms with Crippen molar-refractivity contribution in [3.63, 3.8) is 0 Å². The van der Waals surface area contributed by atoms with E-state index in [1.54, 1.807) is 36.4 Å². The molecular formula is C19H15F2N3O3. The van der Waals surface area contributed by atoms with Gasteiger partial charge in [0, 0.05) is 23.0 Å². The Bertz CT molecular complexity index is 921. The van der Waals surface area contributed by atoms with Crippen LogP contribution >= 0.6 is 0 Å². The first-order valence-corrected chi connectivity index (χ1v) is 7.94. The van der Waals surface area contributed by atoms with Crippen molar-refractivity contribution in [1.82, 2.24) is 5.32 Å². The smallest absolute Gasteiger partial charge is 0.319 e. The molecule has 0 spiro atoms. The quantitative estimate of drug-likeness (QED) is 0.631. The Morgan fingerprint density at radius 2 is 1.52 bits per heavy atom. The fourth-order valence-electron chi connectivity index (χ4n) is 2.28. The summed E-state index contributed by atoms with van der Waals surface area (Å²) in [4.78, 5) is 23.9. The van der Waals surface area contributed by atoms with Crippen LogP contribution in [0.4, 0.5) is 25.0 Å². The van der Waals surface area contributed by atoms with Crippen LogP contribution in [0.25, 0.3) is 0 Å². The Labute approximate surface area is 153 Å². The van der Waals surface area contributed by atoms with Crippen LogP contribution in [0, 0.1) is 11.6 Å². The SMILES string of the molecule is O=C(NCc1ccco1)Nc1ccc(NC(=O)c2cc(F)cc(F)c2)cc1. The fourth-order valence-corrected chi connectivity index (χ4v) is 2.28. The van der Waals surface area contributed by atoms with Gasteiger partial charge in [-0.1, -0.05) is 0 Å². The number of rotatable bonds is 5. The van der Waals surface area contributed by atoms with Crippen LogP contribution in [0.1, 0.15) is 16.1 Å². The molecule has 0 aliphatic rings. The summed E-state index contributed by atoms with van der Waals surface area (Å²) in [5.41, 5.74) is 0.778. The zero-order valence-corrected chi connectivity index (χ0v) is 14.0. The average molecular weight is 371 g/mol. The molecule has 0 unspecified atom stereocenters. The Morgan fingerprint density at radius 3 is 2.11 bits per heavy atom. The topological polar surface area (TPSA) is 83.4 Å². The van der Waals surface area contributed by atoms with E-state index in [0.717, 1.165) is 12.1 Å². The molecule has 27 heavy (non-hydrogen) atoms. The van der Waals surface area contributed by atoms with Crippen molar-refractivity contribution in [3.8, 4) is 0 Å². The third-order valence-electron chi connectivity index (χ3n) is 3.53. The van der Waals surface area contributed by atoms with Crippen LogP contribution in [-0.2, 0) is 6.54 Å². The molecule has 3 aromatic rings. The van der Waals surface area contributed by atoms with Crippen molar-refractivity contribution in [2.24, 2.45) is 0 Å². The van der Waals surface area contributed by atoms with Crippen LogP contribution < -0.4 is 16.0 Å². The highest BCUT2D eigenvalue weighted by Crippen LogP contribution is 2.16. The summed E-state index contributed by atoms with van der Waals surface area (Å²) in [5.74, 6) is -1.69. The molecule has 1 heterocycles. The molecule has 0 fully saturated rings. The minimum Gasteiger partial charge on any atom is -0.467 e. The minimum absolute atomic E-state index is 0.132. The third-order valence-corrected chi connectivity index (χ3v) is 3.53. The summed E-state index contributed by atoms with van der Waals surface area (Å²) >= 11 is 0. The monoisotopic (exact) mass is 371 g/mol. The number of benzene rings is 2. The predicted octanol–water partition coefficient (Wildman–Crippen LogP) is 4.13. The van der Waals surface area contributed by atoms with Crippen LogP contribution in [0.3, 0.4) is 0 Å². The van der Waals surface area contributed by atoms with Gasteiger partial charge in [-0.05, 0) is 48.5 Å². The highest BCUT2D eigenvalue weighted by Gasteiger charge is 2.10. The van der Waals surface area contributed by atoms with E-state index in [4.69, 9.17) is 4.42 Å². The molecule has 2 aromatic carbocycles. The van der Waals surface area contributed by atoms with Gasteiger partial charge in [0.2, 0.25) is 0 Å². The fraction of sp³-hybridized carbons (Fsp3) is 0.0526. The van der Waals surface area contributed by atoms with Gasteiger partial charge in [0.05, 0.1) is 12.8 Å². The van der Waals surface area contributed by atoms with Gasteiger partial charge in [-0.2, -0.15) is 0 Å². The lowest BCUT2D eigenvalue weighted by Crippen LogP contribution is -2.27. The van der Waals surface area contributed by atoms with Crippen molar-refractivity contribution in [1.29, 1.82) is 0 Å². The van der Waals surface area contributed by atoms with Gasteiger partial charge < -0.3 is 20.4 Å². The third kappa shape index (κ3) is 5.15. The summed E-state index contributed by atoms with van der Waals surface area (Å²) in [7, 11) is 0. The van der Waals surface area contributed by atoms with E-state index in [2.05, 4.69) is 16.0 Å². The van der Waals surface area contributed by atoms with E-state index in [1.165, 1.54) is 6.26 Å². The first kappa shape index (κ1) is 18.1. The standard InChI is InChI=1S/C19H15F2N3O3/c20-13-8-12(9-14(21)10-13)18(25)23-15-3-5-16(6-4-15)24-19(26)22-11-17-2-1-7-27-17/h1-10H,11H2,(H,23,25)(H2,22,24,26). The molecule has 0 aliphatic carbocycles. The second-order valence-electron chi connectivity index (χ2n) is 5.58. The number of anilines is 2. The molecule has 0 aliphatic heterocycles. The first-order valence-electron chi connectivity index (χ1n) is 7.94. The Morgan fingerprint density at radius 1 is 0.889 bits per heavy atom. The maximum Gasteiger partial charge on any atom is 0.319 e. The molecule has 0 saturated heterocycles. The van der Waals surface area contributed by atoms with Gasteiger partial charge in [-0.3, -0.25) is 4.79 Å². The number of nitrogens with one attached hydrogen (secondary N) is 3. The Kier molecular flexibility index (Phi) is 5.46. The van der Waals surface area contributed by atoms with Crippen molar-refractivity contribution >= 4 is 23.3 Å². The predicted molar refractivity (Wildman–Crippen MR) is 95.3 cm³/mol. The molecule has 0 saturated carbocycles. The maximum absolute atomic E-state index is 13.2. The molecule has 3 N–H and O–H groups in total. The number of hydrogen-bond donors (Lipinski definition) is 3. The molecule has 6 nitrogen and oxygen atoms in total. The number of furan rings is 1. The van der Waals surface area contributed by atoms with Crippen molar-refractivity contribution in [3.05, 3.63) is 83.8 Å². The largest absolute Gasteiger partial charge is 0.467 e. The number of urea groups is 1. The van der Waals surface area contributed by atoms with E-state index >= 15 is 0 Å². The van der Waals surface area contributed by atoms with Gasteiger partial charge in [0.25, 0.3) is 5.91 Å². The summed E-state index contributed by atoms with van der Waals surface area (Å²) in [6, 6.07) is 11.9. The molecule has 3 amide bonds. The van der Waals surface area contributed by atoms with Crippen molar-refractivity contribution < 1.29 is 22.8 Å². The van der Waals surface area contributed by atoms with Crippen molar-refractivity contribution in [2.45, 2.75) is 6.54 Å². The zero-order valence-electron chi connectivity index (χ0n) is 14.0. The van der Waals surface area contributed by atoms with E-state index in [1.807, 2.05) is 0 Å². The molecular weight excluding hydrogens is 356 g/mol. The molecule has 0 bridgehead atoms. The molecule has 138 valence electrons. The Balaban J connectivity index is 1.55. The van der Waals surface area contributed by atoms with E-state index in [-0.39, 0.29) is 12.1 Å². The van der Waals surface area contributed by atoms with Crippen molar-refractivity contribution in [2.75, 3.05) is 10.6 Å². The highest BCUT2D eigenvalue weighted by molar-refractivity contribution is 6.04. The van der Waals surface area contributed by atoms with Gasteiger partial charge in [0.15, 0.2) is 0 Å². The van der Waals surface area contributed by atoms with Gasteiger partial charge in [-0.25, -0.2) is 13.6 Å². The molecule has 3 rings (SSSR count). The van der Waals surface area contributed by atoms with Gasteiger partial charge >= 0.3 is 6.03 Å². The van der Waals surface area contributed by atoms with E-state index in [0.29, 0.717) is 23.2 Å². The number of carbonyl (C=O) groups excluding carboxylic acids is 2. The second-order valence-corrected chi connectivity index (χ2v) is 5.58. The van der Waals surface area contributed by atoms with Crippen LogP contribution in [0.15, 0.2) is 65.3 Å². The molecule has 0 atom stereocenters. The summed E-state index contributed by atoms with van der Waals surface area (Å²) < 4.78 is 31.5. The molecule has 0 radical (unpaired) electrons. The average Bonchev–Trinajstić information content (AvgIpc) is 3.14. The van der Waals surface area contributed by atoms with E-state index < -0.39 is 23.6 Å². The lowest BCUT2D eigenvalue weighted by Gasteiger charge is -2.09. The van der Waals surface area contributed by atoms with Gasteiger partial charge in [-0.15, -0.1) is 0 Å². The van der Waals surface area contributed by atoms with Crippen LogP contribution in [0.5, 0.6) is 0 Å². The normalized spacial score (nSPS) is 10.3. The Hall–Kier alpha value is -3.68.